The summed E-state index contributed by atoms with van der Waals surface area (Å²) in [5, 5.41) is 0. The smallest absolute Gasteiger partial charge is 0.248 e. The number of rotatable bonds is 6. The summed E-state index contributed by atoms with van der Waals surface area (Å²) in [5.74, 6) is 0.169. The fourth-order valence-corrected chi connectivity index (χ4v) is 3.81. The molecule has 1 aromatic carbocycles. The lowest BCUT2D eigenvalue weighted by molar-refractivity contribution is 0.0998. The minimum atomic E-state index is -0.295. The van der Waals surface area contributed by atoms with Crippen LogP contribution in [0.4, 0.5) is 0 Å². The maximum absolute atomic E-state index is 11.6. The Morgan fingerprint density at radius 3 is 2.52 bits per heavy atom. The van der Waals surface area contributed by atoms with Crippen LogP contribution in [-0.2, 0) is 6.42 Å². The fourth-order valence-electron chi connectivity index (χ4n) is 3.81. The van der Waals surface area contributed by atoms with E-state index in [0.717, 1.165) is 31.5 Å². The molecule has 116 valence electrons. The van der Waals surface area contributed by atoms with Gasteiger partial charge in [0.05, 0.1) is 0 Å². The summed E-state index contributed by atoms with van der Waals surface area (Å²) in [4.78, 5) is 14.2. The third-order valence-electron chi connectivity index (χ3n) is 4.73. The molecular weight excluding hydrogens is 260 g/mol. The van der Waals surface area contributed by atoms with Gasteiger partial charge in [-0.25, -0.2) is 0 Å². The standard InChI is InChI=1S/C18H28N2O/c1-4-11-20(12-5-2)17-10-9-15-14(13(17)3)7-6-8-16(15)18(19)21/h6-8,13,17H,4-5,9-12H2,1-3H3,(H2,19,21)/t13-,17+/m0/s1. The van der Waals surface area contributed by atoms with Crippen LogP contribution >= 0.6 is 0 Å². The van der Waals surface area contributed by atoms with Gasteiger partial charge >= 0.3 is 0 Å². The van der Waals surface area contributed by atoms with Crippen LogP contribution in [0.5, 0.6) is 0 Å². The molecule has 0 heterocycles. The van der Waals surface area contributed by atoms with Crippen molar-refractivity contribution in [3.63, 3.8) is 0 Å². The molecule has 0 saturated carbocycles. The van der Waals surface area contributed by atoms with Crippen LogP contribution in [-0.4, -0.2) is 29.9 Å². The van der Waals surface area contributed by atoms with Gasteiger partial charge in [-0.1, -0.05) is 32.9 Å². The molecule has 0 bridgehead atoms. The number of carbonyl (C=O) groups excluding carboxylic acids is 1. The van der Waals surface area contributed by atoms with E-state index in [1.165, 1.54) is 24.0 Å². The van der Waals surface area contributed by atoms with Crippen LogP contribution < -0.4 is 5.73 Å². The molecule has 0 saturated heterocycles. The van der Waals surface area contributed by atoms with Crippen molar-refractivity contribution in [3.05, 3.63) is 34.9 Å². The molecule has 1 aromatic rings. The summed E-state index contributed by atoms with van der Waals surface area (Å²) in [7, 11) is 0. The lowest BCUT2D eigenvalue weighted by atomic mass is 9.77. The van der Waals surface area contributed by atoms with E-state index in [9.17, 15) is 4.79 Å². The monoisotopic (exact) mass is 288 g/mol. The van der Waals surface area contributed by atoms with Gasteiger partial charge in [0, 0.05) is 11.6 Å². The predicted molar refractivity (Wildman–Crippen MR) is 87.6 cm³/mol. The highest BCUT2D eigenvalue weighted by Crippen LogP contribution is 2.36. The zero-order valence-corrected chi connectivity index (χ0v) is 13.6. The topological polar surface area (TPSA) is 46.3 Å². The van der Waals surface area contributed by atoms with Crippen molar-refractivity contribution in [1.29, 1.82) is 0 Å². The van der Waals surface area contributed by atoms with Gasteiger partial charge in [0.1, 0.15) is 0 Å². The minimum absolute atomic E-state index is 0.295. The van der Waals surface area contributed by atoms with Crippen molar-refractivity contribution in [3.8, 4) is 0 Å². The zero-order chi connectivity index (χ0) is 15.4. The molecule has 1 amide bonds. The Kier molecular flexibility index (Phi) is 5.40. The highest BCUT2D eigenvalue weighted by molar-refractivity contribution is 5.94. The van der Waals surface area contributed by atoms with E-state index >= 15 is 0 Å². The summed E-state index contributed by atoms with van der Waals surface area (Å²) < 4.78 is 0. The Hall–Kier alpha value is -1.35. The summed E-state index contributed by atoms with van der Waals surface area (Å²) >= 11 is 0. The van der Waals surface area contributed by atoms with E-state index in [1.54, 1.807) is 0 Å². The number of hydrogen-bond donors (Lipinski definition) is 1. The van der Waals surface area contributed by atoms with Gasteiger partial charge in [-0.15, -0.1) is 0 Å². The summed E-state index contributed by atoms with van der Waals surface area (Å²) in [6.45, 7) is 9.11. The molecule has 1 aliphatic carbocycles. The number of benzene rings is 1. The maximum Gasteiger partial charge on any atom is 0.248 e. The molecular formula is C18H28N2O. The molecule has 0 spiro atoms. The second-order valence-corrected chi connectivity index (χ2v) is 6.17. The van der Waals surface area contributed by atoms with Gasteiger partial charge in [-0.3, -0.25) is 9.69 Å². The number of amides is 1. The number of fused-ring (bicyclic) bond motifs is 1. The Bertz CT molecular complexity index is 492. The molecule has 0 unspecified atom stereocenters. The van der Waals surface area contributed by atoms with Crippen molar-refractivity contribution < 1.29 is 4.79 Å². The van der Waals surface area contributed by atoms with Crippen LogP contribution in [0.15, 0.2) is 18.2 Å². The zero-order valence-electron chi connectivity index (χ0n) is 13.6. The summed E-state index contributed by atoms with van der Waals surface area (Å²) in [6.07, 6.45) is 4.47. The van der Waals surface area contributed by atoms with E-state index in [2.05, 4.69) is 31.7 Å². The molecule has 0 fully saturated rings. The number of nitrogens with zero attached hydrogens (tertiary/aromatic N) is 1. The van der Waals surface area contributed by atoms with Gasteiger partial charge in [0.25, 0.3) is 0 Å². The van der Waals surface area contributed by atoms with E-state index in [4.69, 9.17) is 5.73 Å². The van der Waals surface area contributed by atoms with E-state index in [-0.39, 0.29) is 5.91 Å². The lowest BCUT2D eigenvalue weighted by Crippen LogP contribution is -2.42. The molecule has 2 rings (SSSR count). The fraction of sp³-hybridized carbons (Fsp3) is 0.611. The third-order valence-corrected chi connectivity index (χ3v) is 4.73. The highest BCUT2D eigenvalue weighted by atomic mass is 16.1. The number of carbonyl (C=O) groups is 1. The van der Waals surface area contributed by atoms with Crippen molar-refractivity contribution in [2.75, 3.05) is 13.1 Å². The third kappa shape index (κ3) is 3.29. The second-order valence-electron chi connectivity index (χ2n) is 6.17. The van der Waals surface area contributed by atoms with E-state index in [1.807, 2.05) is 12.1 Å². The maximum atomic E-state index is 11.6. The first-order valence-electron chi connectivity index (χ1n) is 8.25. The molecule has 3 nitrogen and oxygen atoms in total. The average Bonchev–Trinajstić information content (AvgIpc) is 2.47. The van der Waals surface area contributed by atoms with Crippen LogP contribution in [0, 0.1) is 0 Å². The van der Waals surface area contributed by atoms with Gasteiger partial charge in [-0.2, -0.15) is 0 Å². The van der Waals surface area contributed by atoms with Crippen LogP contribution in [0.3, 0.4) is 0 Å². The summed E-state index contributed by atoms with van der Waals surface area (Å²) in [5.41, 5.74) is 8.74. The minimum Gasteiger partial charge on any atom is -0.366 e. The number of primary amides is 1. The van der Waals surface area contributed by atoms with Crippen molar-refractivity contribution >= 4 is 5.91 Å². The molecule has 0 aromatic heterocycles. The SMILES string of the molecule is CCCN(CCC)[C@@H]1CCc2c(C(N)=O)cccc2[C@@H]1C. The van der Waals surface area contributed by atoms with Crippen LogP contribution in [0.25, 0.3) is 0 Å². The molecule has 2 atom stereocenters. The van der Waals surface area contributed by atoms with Crippen LogP contribution in [0.2, 0.25) is 0 Å². The van der Waals surface area contributed by atoms with Gasteiger partial charge in [0.15, 0.2) is 0 Å². The average molecular weight is 288 g/mol. The first-order chi connectivity index (χ1) is 10.1. The quantitative estimate of drug-likeness (QED) is 0.872. The lowest BCUT2D eigenvalue weighted by Gasteiger charge is -2.40. The Labute approximate surface area is 128 Å². The molecule has 21 heavy (non-hydrogen) atoms. The highest BCUT2D eigenvalue weighted by Gasteiger charge is 2.31. The first-order valence-corrected chi connectivity index (χ1v) is 8.25. The Balaban J connectivity index is 2.29. The molecule has 0 aliphatic heterocycles. The Morgan fingerprint density at radius 1 is 1.29 bits per heavy atom. The van der Waals surface area contributed by atoms with Crippen molar-refractivity contribution in [2.45, 2.75) is 58.4 Å². The first kappa shape index (κ1) is 16.0. The molecule has 3 heteroatoms. The summed E-state index contributed by atoms with van der Waals surface area (Å²) in [6, 6.07) is 6.60. The van der Waals surface area contributed by atoms with Crippen molar-refractivity contribution in [2.24, 2.45) is 5.73 Å². The van der Waals surface area contributed by atoms with Gasteiger partial charge in [-0.05, 0) is 61.9 Å². The Morgan fingerprint density at radius 2 is 1.95 bits per heavy atom. The molecule has 2 N–H and O–H groups in total. The second kappa shape index (κ2) is 7.08. The largest absolute Gasteiger partial charge is 0.366 e. The molecule has 0 radical (unpaired) electrons. The van der Waals surface area contributed by atoms with E-state index < -0.39 is 0 Å². The van der Waals surface area contributed by atoms with Gasteiger partial charge in [0.2, 0.25) is 5.91 Å². The normalized spacial score (nSPS) is 21.3. The van der Waals surface area contributed by atoms with E-state index in [0.29, 0.717) is 12.0 Å². The van der Waals surface area contributed by atoms with Crippen LogP contribution in [0.1, 0.15) is 67.4 Å². The predicted octanol–water partition coefficient (Wildman–Crippen LogP) is 3.33. The van der Waals surface area contributed by atoms with Crippen molar-refractivity contribution in [1.82, 2.24) is 4.90 Å². The van der Waals surface area contributed by atoms with Gasteiger partial charge < -0.3 is 5.73 Å². The number of hydrogen-bond acceptors (Lipinski definition) is 2. The number of nitrogens with two attached hydrogens (primary N) is 1. The molecule has 1 aliphatic rings.